The van der Waals surface area contributed by atoms with Crippen LogP contribution in [0.5, 0.6) is 5.75 Å². The Balaban J connectivity index is 1.57. The number of ether oxygens (including phenoxy) is 2. The number of nitrogens with zero attached hydrogens (tertiary/aromatic N) is 5. The fourth-order valence-electron chi connectivity index (χ4n) is 3.50. The molecule has 7 nitrogen and oxygen atoms in total. The van der Waals surface area contributed by atoms with E-state index in [1.807, 2.05) is 19.2 Å². The number of thioether (sulfide) groups is 1. The van der Waals surface area contributed by atoms with Gasteiger partial charge in [0.2, 0.25) is 0 Å². The lowest BCUT2D eigenvalue weighted by molar-refractivity contribution is 0.122. The van der Waals surface area contributed by atoms with Gasteiger partial charge in [0.1, 0.15) is 11.6 Å². The molecule has 29 heavy (non-hydrogen) atoms. The van der Waals surface area contributed by atoms with Crippen molar-refractivity contribution in [2.45, 2.75) is 24.9 Å². The van der Waals surface area contributed by atoms with Gasteiger partial charge in [-0.1, -0.05) is 30.8 Å². The third-order valence-corrected chi connectivity index (χ3v) is 6.03. The van der Waals surface area contributed by atoms with Crippen LogP contribution < -0.4 is 9.64 Å². The van der Waals surface area contributed by atoms with Gasteiger partial charge in [-0.2, -0.15) is 0 Å². The summed E-state index contributed by atoms with van der Waals surface area (Å²) < 4.78 is 12.8. The average molecular weight is 414 g/mol. The molecule has 0 radical (unpaired) electrons. The van der Waals surface area contributed by atoms with Gasteiger partial charge in [0.05, 0.1) is 20.3 Å². The summed E-state index contributed by atoms with van der Waals surface area (Å²) in [5.74, 6) is 3.76. The molecular formula is C21H27N5O2S. The summed E-state index contributed by atoms with van der Waals surface area (Å²) in [6.45, 7) is 5.23. The zero-order valence-corrected chi connectivity index (χ0v) is 18.0. The van der Waals surface area contributed by atoms with Gasteiger partial charge in [0.15, 0.2) is 22.1 Å². The van der Waals surface area contributed by atoms with Gasteiger partial charge in [-0.05, 0) is 24.1 Å². The first-order chi connectivity index (χ1) is 14.2. The van der Waals surface area contributed by atoms with Crippen molar-refractivity contribution in [2.75, 3.05) is 44.1 Å². The molecule has 8 heteroatoms. The van der Waals surface area contributed by atoms with E-state index in [1.54, 1.807) is 18.9 Å². The summed E-state index contributed by atoms with van der Waals surface area (Å²) >= 11 is 1.69. The van der Waals surface area contributed by atoms with Crippen molar-refractivity contribution in [2.24, 2.45) is 7.05 Å². The number of rotatable bonds is 7. The van der Waals surface area contributed by atoms with E-state index in [0.717, 1.165) is 78.6 Å². The molecule has 1 aromatic carbocycles. The quantitative estimate of drug-likeness (QED) is 0.436. The standard InChI is InChI=1S/C21H27N5O2S/c1-4-17-22-18-19(25(17)2)23-21(24-20(18)26-10-12-28-13-11-26)29-14-9-15-5-7-16(27-3)8-6-15/h5-8H,4,9-14H2,1-3H3. The highest BCUT2D eigenvalue weighted by Gasteiger charge is 2.21. The second-order valence-corrected chi connectivity index (χ2v) is 8.05. The molecule has 1 saturated heterocycles. The second-order valence-electron chi connectivity index (χ2n) is 6.99. The Kier molecular flexibility index (Phi) is 6.20. The predicted octanol–water partition coefficient (Wildman–Crippen LogP) is 3.11. The van der Waals surface area contributed by atoms with Crippen molar-refractivity contribution >= 4 is 28.7 Å². The fraction of sp³-hybridized carbons (Fsp3) is 0.476. The van der Waals surface area contributed by atoms with Crippen LogP contribution in [0.3, 0.4) is 0 Å². The maximum Gasteiger partial charge on any atom is 0.191 e. The third-order valence-electron chi connectivity index (χ3n) is 5.18. The molecule has 4 rings (SSSR count). The van der Waals surface area contributed by atoms with E-state index in [9.17, 15) is 0 Å². The highest BCUT2D eigenvalue weighted by molar-refractivity contribution is 7.99. The van der Waals surface area contributed by atoms with Crippen molar-refractivity contribution in [3.05, 3.63) is 35.7 Å². The Bertz CT molecular complexity index is 967. The lowest BCUT2D eigenvalue weighted by Crippen LogP contribution is -2.37. The van der Waals surface area contributed by atoms with E-state index in [2.05, 4.69) is 28.5 Å². The van der Waals surface area contributed by atoms with Crippen molar-refractivity contribution in [1.82, 2.24) is 19.5 Å². The molecule has 154 valence electrons. The molecule has 0 amide bonds. The molecule has 0 unspecified atom stereocenters. The summed E-state index contributed by atoms with van der Waals surface area (Å²) in [6, 6.07) is 8.22. The maximum absolute atomic E-state index is 5.52. The van der Waals surface area contributed by atoms with Crippen LogP contribution in [-0.2, 0) is 24.6 Å². The molecule has 3 aromatic rings. The number of imidazole rings is 1. The van der Waals surface area contributed by atoms with Crippen LogP contribution in [0.15, 0.2) is 29.4 Å². The Morgan fingerprint density at radius 1 is 1.10 bits per heavy atom. The third kappa shape index (κ3) is 4.33. The molecule has 0 saturated carbocycles. The normalized spacial score (nSPS) is 14.5. The van der Waals surface area contributed by atoms with Gasteiger partial charge in [-0.15, -0.1) is 0 Å². The van der Waals surface area contributed by atoms with E-state index >= 15 is 0 Å². The van der Waals surface area contributed by atoms with Crippen LogP contribution in [0.4, 0.5) is 5.82 Å². The number of aryl methyl sites for hydroxylation is 3. The number of hydrogen-bond acceptors (Lipinski definition) is 7. The summed E-state index contributed by atoms with van der Waals surface area (Å²) in [5, 5.41) is 0.804. The predicted molar refractivity (Wildman–Crippen MR) is 116 cm³/mol. The highest BCUT2D eigenvalue weighted by atomic mass is 32.2. The minimum absolute atomic E-state index is 0.721. The zero-order valence-electron chi connectivity index (χ0n) is 17.2. The number of methoxy groups -OCH3 is 1. The largest absolute Gasteiger partial charge is 0.497 e. The number of aromatic nitrogens is 4. The van der Waals surface area contributed by atoms with Gasteiger partial charge in [-0.3, -0.25) is 0 Å². The highest BCUT2D eigenvalue weighted by Crippen LogP contribution is 2.28. The van der Waals surface area contributed by atoms with Crippen LogP contribution in [0.2, 0.25) is 0 Å². The number of anilines is 1. The molecule has 0 aliphatic carbocycles. The average Bonchev–Trinajstić information content (AvgIpc) is 3.10. The first kappa shape index (κ1) is 20.0. The molecular weight excluding hydrogens is 386 g/mol. The Hall–Kier alpha value is -2.32. The van der Waals surface area contributed by atoms with Crippen LogP contribution in [0.1, 0.15) is 18.3 Å². The lowest BCUT2D eigenvalue weighted by Gasteiger charge is -2.28. The monoisotopic (exact) mass is 413 g/mol. The van der Waals surface area contributed by atoms with E-state index in [0.29, 0.717) is 0 Å². The van der Waals surface area contributed by atoms with Crippen molar-refractivity contribution < 1.29 is 9.47 Å². The minimum Gasteiger partial charge on any atom is -0.497 e. The number of morpholine rings is 1. The Morgan fingerprint density at radius 2 is 1.86 bits per heavy atom. The minimum atomic E-state index is 0.721. The zero-order chi connectivity index (χ0) is 20.2. The van der Waals surface area contributed by atoms with E-state index in [-0.39, 0.29) is 0 Å². The Labute approximate surface area is 175 Å². The summed E-state index contributed by atoms with van der Waals surface area (Å²) in [5.41, 5.74) is 3.08. The van der Waals surface area contributed by atoms with Crippen LogP contribution >= 0.6 is 11.8 Å². The molecule has 1 aliphatic heterocycles. The fourth-order valence-corrected chi connectivity index (χ4v) is 4.32. The van der Waals surface area contributed by atoms with Crippen LogP contribution in [-0.4, -0.2) is 58.7 Å². The van der Waals surface area contributed by atoms with Crippen molar-refractivity contribution in [1.29, 1.82) is 0 Å². The molecule has 0 N–H and O–H groups in total. The number of benzene rings is 1. The van der Waals surface area contributed by atoms with Crippen molar-refractivity contribution in [3.63, 3.8) is 0 Å². The molecule has 0 spiro atoms. The maximum atomic E-state index is 5.52. The van der Waals surface area contributed by atoms with Crippen molar-refractivity contribution in [3.8, 4) is 5.75 Å². The first-order valence-corrected chi connectivity index (χ1v) is 11.0. The number of fused-ring (bicyclic) bond motifs is 1. The van der Waals surface area contributed by atoms with Gasteiger partial charge in [0, 0.05) is 32.3 Å². The van der Waals surface area contributed by atoms with Gasteiger partial charge in [-0.25, -0.2) is 15.0 Å². The van der Waals surface area contributed by atoms with E-state index in [1.165, 1.54) is 5.56 Å². The summed E-state index contributed by atoms with van der Waals surface area (Å²) in [6.07, 6.45) is 1.82. The molecule has 0 atom stereocenters. The molecule has 2 aromatic heterocycles. The number of hydrogen-bond donors (Lipinski definition) is 0. The smallest absolute Gasteiger partial charge is 0.191 e. The van der Waals surface area contributed by atoms with Crippen LogP contribution in [0, 0.1) is 0 Å². The van der Waals surface area contributed by atoms with Gasteiger partial charge in [0.25, 0.3) is 0 Å². The molecule has 1 aliphatic rings. The summed E-state index contributed by atoms with van der Waals surface area (Å²) in [7, 11) is 3.73. The topological polar surface area (TPSA) is 65.3 Å². The van der Waals surface area contributed by atoms with Gasteiger partial charge >= 0.3 is 0 Å². The second kappa shape index (κ2) is 9.00. The summed E-state index contributed by atoms with van der Waals surface area (Å²) in [4.78, 5) is 16.8. The van der Waals surface area contributed by atoms with Crippen LogP contribution in [0.25, 0.3) is 11.2 Å². The van der Waals surface area contributed by atoms with Gasteiger partial charge < -0.3 is 18.9 Å². The Morgan fingerprint density at radius 3 is 2.55 bits per heavy atom. The van der Waals surface area contributed by atoms with E-state index in [4.69, 9.17) is 24.4 Å². The SMILES string of the molecule is CCc1nc2c(N3CCOCC3)nc(SCCc3ccc(OC)cc3)nc2n1C. The molecule has 1 fully saturated rings. The lowest BCUT2D eigenvalue weighted by atomic mass is 10.2. The molecule has 3 heterocycles. The first-order valence-electron chi connectivity index (χ1n) is 10.0. The molecule has 0 bridgehead atoms. The van der Waals surface area contributed by atoms with E-state index < -0.39 is 0 Å².